The minimum atomic E-state index is -0.839. The van der Waals surface area contributed by atoms with Gasteiger partial charge in [-0.2, -0.15) is 0 Å². The van der Waals surface area contributed by atoms with Gasteiger partial charge in [-0.05, 0) is 31.5 Å². The lowest BCUT2D eigenvalue weighted by Crippen LogP contribution is -2.31. The summed E-state index contributed by atoms with van der Waals surface area (Å²) >= 11 is 1.55. The van der Waals surface area contributed by atoms with E-state index in [1.54, 1.807) is 30.4 Å². The largest absolute Gasteiger partial charge is 0.481 e. The van der Waals surface area contributed by atoms with Crippen molar-refractivity contribution < 1.29 is 14.3 Å². The molecule has 1 aromatic carbocycles. The van der Waals surface area contributed by atoms with E-state index in [1.807, 2.05) is 18.7 Å². The molecule has 0 fully saturated rings. The van der Waals surface area contributed by atoms with Gasteiger partial charge in [0.15, 0.2) is 5.13 Å². The maximum Gasteiger partial charge on any atom is 0.308 e. The number of aliphatic carboxylic acids is 1. The molecule has 6 heteroatoms. The van der Waals surface area contributed by atoms with Gasteiger partial charge < -0.3 is 10.0 Å². The standard InChI is InChI=1S/C16H19FN2O2S/c1-10(15(20)21)8-19(16-18-11(2)12(3)22-16)9-13-4-6-14(17)7-5-13/h4-7,10H,8-9H2,1-3H3,(H,20,21). The Balaban J connectivity index is 2.24. The topological polar surface area (TPSA) is 53.4 Å². The number of nitrogens with zero attached hydrogens (tertiary/aromatic N) is 2. The van der Waals surface area contributed by atoms with Crippen molar-refractivity contribution in [2.45, 2.75) is 27.3 Å². The monoisotopic (exact) mass is 322 g/mol. The zero-order valence-corrected chi connectivity index (χ0v) is 13.7. The fourth-order valence-corrected chi connectivity index (χ4v) is 2.94. The predicted octanol–water partition coefficient (Wildman–Crippen LogP) is 3.63. The van der Waals surface area contributed by atoms with Crippen molar-refractivity contribution >= 4 is 22.4 Å². The molecule has 0 bridgehead atoms. The minimum absolute atomic E-state index is 0.282. The number of thiazole rings is 1. The third-order valence-electron chi connectivity index (χ3n) is 3.49. The van der Waals surface area contributed by atoms with E-state index in [0.29, 0.717) is 13.1 Å². The molecule has 0 aliphatic carbocycles. The molecule has 2 aromatic rings. The first kappa shape index (κ1) is 16.4. The second-order valence-electron chi connectivity index (χ2n) is 5.38. The number of hydrogen-bond acceptors (Lipinski definition) is 4. The Bertz CT molecular complexity index is 635. The number of halogens is 1. The van der Waals surface area contributed by atoms with Crippen LogP contribution in [0.2, 0.25) is 0 Å². The van der Waals surface area contributed by atoms with Crippen LogP contribution in [0.1, 0.15) is 23.1 Å². The van der Waals surface area contributed by atoms with Crippen LogP contribution in [0.5, 0.6) is 0 Å². The Morgan fingerprint density at radius 2 is 2.00 bits per heavy atom. The van der Waals surface area contributed by atoms with Crippen molar-refractivity contribution in [3.8, 4) is 0 Å². The van der Waals surface area contributed by atoms with Gasteiger partial charge in [0.1, 0.15) is 5.82 Å². The molecule has 0 amide bonds. The molecule has 1 unspecified atom stereocenters. The van der Waals surface area contributed by atoms with Crippen molar-refractivity contribution in [2.75, 3.05) is 11.4 Å². The Kier molecular flexibility index (Phi) is 5.13. The van der Waals surface area contributed by atoms with Crippen LogP contribution in [0.15, 0.2) is 24.3 Å². The molecule has 1 aromatic heterocycles. The molecule has 1 N–H and O–H groups in total. The average molecular weight is 322 g/mol. The second-order valence-corrected chi connectivity index (χ2v) is 6.57. The Labute approximate surface area is 133 Å². The molecule has 2 rings (SSSR count). The van der Waals surface area contributed by atoms with E-state index < -0.39 is 11.9 Å². The number of benzene rings is 1. The van der Waals surface area contributed by atoms with Crippen LogP contribution in [0.25, 0.3) is 0 Å². The first-order valence-electron chi connectivity index (χ1n) is 7.03. The van der Waals surface area contributed by atoms with Crippen molar-refractivity contribution in [3.63, 3.8) is 0 Å². The lowest BCUT2D eigenvalue weighted by Gasteiger charge is -2.24. The summed E-state index contributed by atoms with van der Waals surface area (Å²) in [6.07, 6.45) is 0. The zero-order valence-electron chi connectivity index (χ0n) is 12.8. The van der Waals surface area contributed by atoms with E-state index in [2.05, 4.69) is 4.98 Å². The molecule has 4 nitrogen and oxygen atoms in total. The predicted molar refractivity (Wildman–Crippen MR) is 85.8 cm³/mol. The number of aryl methyl sites for hydroxylation is 2. The van der Waals surface area contributed by atoms with Crippen LogP contribution >= 0.6 is 11.3 Å². The number of carbonyl (C=O) groups is 1. The number of rotatable bonds is 6. The third-order valence-corrected chi connectivity index (χ3v) is 4.62. The molecule has 0 saturated heterocycles. The third kappa shape index (κ3) is 4.04. The van der Waals surface area contributed by atoms with Crippen molar-refractivity contribution in [3.05, 3.63) is 46.2 Å². The molecule has 0 radical (unpaired) electrons. The van der Waals surface area contributed by atoms with Gasteiger partial charge >= 0.3 is 5.97 Å². The van der Waals surface area contributed by atoms with E-state index in [-0.39, 0.29) is 5.82 Å². The molecular formula is C16H19FN2O2S. The first-order valence-corrected chi connectivity index (χ1v) is 7.84. The molecule has 1 heterocycles. The fourth-order valence-electron chi connectivity index (χ4n) is 2.02. The van der Waals surface area contributed by atoms with Gasteiger partial charge in [-0.3, -0.25) is 4.79 Å². The van der Waals surface area contributed by atoms with Gasteiger partial charge in [0.2, 0.25) is 0 Å². The molecule has 0 aliphatic rings. The van der Waals surface area contributed by atoms with Gasteiger partial charge in [0, 0.05) is 18.0 Å². The second kappa shape index (κ2) is 6.87. The zero-order chi connectivity index (χ0) is 16.3. The van der Waals surface area contributed by atoms with Crippen molar-refractivity contribution in [1.82, 2.24) is 4.98 Å². The van der Waals surface area contributed by atoms with Crippen LogP contribution in [0, 0.1) is 25.6 Å². The lowest BCUT2D eigenvalue weighted by atomic mass is 10.1. The van der Waals surface area contributed by atoms with E-state index in [0.717, 1.165) is 21.3 Å². The molecular weight excluding hydrogens is 303 g/mol. The van der Waals surface area contributed by atoms with E-state index >= 15 is 0 Å². The summed E-state index contributed by atoms with van der Waals surface area (Å²) in [5.74, 6) is -1.63. The van der Waals surface area contributed by atoms with E-state index in [9.17, 15) is 9.18 Å². The maximum absolute atomic E-state index is 13.0. The average Bonchev–Trinajstić information content (AvgIpc) is 2.80. The number of aromatic nitrogens is 1. The van der Waals surface area contributed by atoms with Gasteiger partial charge in [0.25, 0.3) is 0 Å². The van der Waals surface area contributed by atoms with E-state index in [4.69, 9.17) is 5.11 Å². The quantitative estimate of drug-likeness (QED) is 0.882. The molecule has 22 heavy (non-hydrogen) atoms. The number of anilines is 1. The summed E-state index contributed by atoms with van der Waals surface area (Å²) < 4.78 is 13.0. The summed E-state index contributed by atoms with van der Waals surface area (Å²) in [5, 5.41) is 9.95. The van der Waals surface area contributed by atoms with E-state index in [1.165, 1.54) is 12.1 Å². The Hall–Kier alpha value is -1.95. The summed E-state index contributed by atoms with van der Waals surface area (Å²) in [4.78, 5) is 18.7. The van der Waals surface area contributed by atoms with Crippen molar-refractivity contribution in [1.29, 1.82) is 0 Å². The number of carboxylic acid groups (broad SMARTS) is 1. The highest BCUT2D eigenvalue weighted by atomic mass is 32.1. The molecule has 0 aliphatic heterocycles. The fraction of sp³-hybridized carbons (Fsp3) is 0.375. The van der Waals surface area contributed by atoms with Gasteiger partial charge in [-0.25, -0.2) is 9.37 Å². The lowest BCUT2D eigenvalue weighted by molar-refractivity contribution is -0.140. The van der Waals surface area contributed by atoms with Crippen molar-refractivity contribution in [2.24, 2.45) is 5.92 Å². The smallest absolute Gasteiger partial charge is 0.308 e. The van der Waals surface area contributed by atoms with Crippen LogP contribution in [-0.4, -0.2) is 22.6 Å². The summed E-state index contributed by atoms with van der Waals surface area (Å²) in [6, 6.07) is 6.24. The van der Waals surface area contributed by atoms with Crippen LogP contribution in [-0.2, 0) is 11.3 Å². The molecule has 118 valence electrons. The highest BCUT2D eigenvalue weighted by molar-refractivity contribution is 7.15. The number of hydrogen-bond donors (Lipinski definition) is 1. The van der Waals surface area contributed by atoms with Gasteiger partial charge in [-0.1, -0.05) is 19.1 Å². The molecule has 0 spiro atoms. The summed E-state index contributed by atoms with van der Waals surface area (Å²) in [5.41, 5.74) is 1.87. The normalized spacial score (nSPS) is 12.2. The number of carboxylic acids is 1. The van der Waals surface area contributed by atoms with Crippen LogP contribution in [0.4, 0.5) is 9.52 Å². The SMILES string of the molecule is Cc1nc(N(Cc2ccc(F)cc2)CC(C)C(=O)O)sc1C. The van der Waals surface area contributed by atoms with Gasteiger partial charge in [-0.15, -0.1) is 11.3 Å². The van der Waals surface area contributed by atoms with Crippen LogP contribution in [0.3, 0.4) is 0 Å². The molecule has 0 saturated carbocycles. The van der Waals surface area contributed by atoms with Gasteiger partial charge in [0.05, 0.1) is 11.6 Å². The summed E-state index contributed by atoms with van der Waals surface area (Å²) in [7, 11) is 0. The first-order chi connectivity index (χ1) is 10.4. The minimum Gasteiger partial charge on any atom is -0.481 e. The highest BCUT2D eigenvalue weighted by Crippen LogP contribution is 2.27. The summed E-state index contributed by atoms with van der Waals surface area (Å²) in [6.45, 7) is 6.47. The Morgan fingerprint density at radius 3 is 2.50 bits per heavy atom. The maximum atomic E-state index is 13.0. The molecule has 1 atom stereocenters. The highest BCUT2D eigenvalue weighted by Gasteiger charge is 2.20. The Morgan fingerprint density at radius 1 is 1.36 bits per heavy atom. The van der Waals surface area contributed by atoms with Crippen LogP contribution < -0.4 is 4.90 Å².